The highest BCUT2D eigenvalue weighted by Crippen LogP contribution is 2.28. The molecule has 1 aliphatic heterocycles. The molecule has 2 atom stereocenters. The number of hydrogen-bond donors (Lipinski definition) is 0. The van der Waals surface area contributed by atoms with Crippen molar-refractivity contribution < 1.29 is 23.9 Å². The quantitative estimate of drug-likeness (QED) is 0.329. The molecule has 0 saturated carbocycles. The number of benzene rings is 1. The van der Waals surface area contributed by atoms with Crippen LogP contribution in [0.3, 0.4) is 0 Å². The summed E-state index contributed by atoms with van der Waals surface area (Å²) in [5, 5.41) is 10.6. The summed E-state index contributed by atoms with van der Waals surface area (Å²) in [7, 11) is 0. The van der Waals surface area contributed by atoms with Crippen LogP contribution in [0, 0.1) is 16.0 Å². The van der Waals surface area contributed by atoms with Crippen molar-refractivity contribution in [3.8, 4) is 0 Å². The van der Waals surface area contributed by atoms with Crippen molar-refractivity contribution in [1.82, 2.24) is 0 Å². The average Bonchev–Trinajstić information content (AvgIpc) is 2.91. The van der Waals surface area contributed by atoms with Gasteiger partial charge >= 0.3 is 5.97 Å². The van der Waals surface area contributed by atoms with E-state index in [9.17, 15) is 14.9 Å². The molecule has 1 heterocycles. The van der Waals surface area contributed by atoms with Gasteiger partial charge < -0.3 is 14.2 Å². The van der Waals surface area contributed by atoms with E-state index in [1.54, 1.807) is 6.08 Å². The zero-order chi connectivity index (χ0) is 17.7. The van der Waals surface area contributed by atoms with Crippen LogP contribution < -0.4 is 0 Å². The number of hydrogen-bond acceptors (Lipinski definition) is 6. The van der Waals surface area contributed by atoms with E-state index >= 15 is 0 Å². The van der Waals surface area contributed by atoms with Crippen LogP contribution in [-0.2, 0) is 14.2 Å². The molecule has 1 fully saturated rings. The number of carbonyl (C=O) groups excluding carboxylic acids is 1. The van der Waals surface area contributed by atoms with Gasteiger partial charge in [-0.3, -0.25) is 10.1 Å². The van der Waals surface area contributed by atoms with Crippen molar-refractivity contribution >= 4 is 11.7 Å². The fraction of sp³-hybridized carbons (Fsp3) is 0.471. The highest BCUT2D eigenvalue weighted by atomic mass is 16.7. The Kier molecular flexibility index (Phi) is 5.69. The van der Waals surface area contributed by atoms with Gasteiger partial charge in [-0.15, -0.1) is 6.58 Å². The molecular formula is C17H21NO6. The first-order valence-electron chi connectivity index (χ1n) is 7.66. The second kappa shape index (κ2) is 7.55. The van der Waals surface area contributed by atoms with Crippen molar-refractivity contribution in [2.75, 3.05) is 13.2 Å². The Balaban J connectivity index is 1.94. The molecule has 24 heavy (non-hydrogen) atoms. The first kappa shape index (κ1) is 18.1. The second-order valence-electron chi connectivity index (χ2n) is 6.05. The molecule has 1 saturated heterocycles. The Morgan fingerprint density at radius 3 is 2.67 bits per heavy atom. The highest BCUT2D eigenvalue weighted by molar-refractivity contribution is 5.89. The lowest BCUT2D eigenvalue weighted by molar-refractivity contribution is -0.384. The first-order chi connectivity index (χ1) is 11.3. The Morgan fingerprint density at radius 1 is 1.50 bits per heavy atom. The number of nitro groups is 1. The maximum Gasteiger partial charge on any atom is 0.338 e. The summed E-state index contributed by atoms with van der Waals surface area (Å²) in [4.78, 5) is 22.2. The smallest absolute Gasteiger partial charge is 0.338 e. The van der Waals surface area contributed by atoms with E-state index in [4.69, 9.17) is 14.2 Å². The molecule has 0 unspecified atom stereocenters. The van der Waals surface area contributed by atoms with E-state index in [1.807, 2.05) is 13.8 Å². The van der Waals surface area contributed by atoms with Gasteiger partial charge in [-0.2, -0.15) is 0 Å². The fourth-order valence-corrected chi connectivity index (χ4v) is 2.47. The highest BCUT2D eigenvalue weighted by Gasteiger charge is 2.37. The standard InChI is InChI=1S/C17H21NO6/c1-4-5-13(15-11-23-17(2,3)24-15)10-22-16(19)12-6-8-14(9-7-12)18(20)21/h4,6-9,13,15H,1,5,10-11H2,2-3H3/t13-,15+/m1/s1. The number of nitrogens with zero attached hydrogens (tertiary/aromatic N) is 1. The second-order valence-corrected chi connectivity index (χ2v) is 6.05. The van der Waals surface area contributed by atoms with E-state index in [2.05, 4.69) is 6.58 Å². The number of non-ortho nitro benzene ring substituents is 1. The molecule has 1 aromatic rings. The van der Waals surface area contributed by atoms with E-state index < -0.39 is 16.7 Å². The molecule has 0 radical (unpaired) electrons. The van der Waals surface area contributed by atoms with Gasteiger partial charge in [0.2, 0.25) is 0 Å². The van der Waals surface area contributed by atoms with Gasteiger partial charge in [0, 0.05) is 18.1 Å². The lowest BCUT2D eigenvalue weighted by Gasteiger charge is -2.23. The lowest BCUT2D eigenvalue weighted by atomic mass is 10.00. The summed E-state index contributed by atoms with van der Waals surface area (Å²) in [6.45, 7) is 7.98. The van der Waals surface area contributed by atoms with Crippen LogP contribution in [0.1, 0.15) is 30.6 Å². The van der Waals surface area contributed by atoms with Crippen molar-refractivity contribution in [2.45, 2.75) is 32.2 Å². The Hall–Kier alpha value is -2.25. The summed E-state index contributed by atoms with van der Waals surface area (Å²) < 4.78 is 16.7. The molecule has 1 aromatic carbocycles. The van der Waals surface area contributed by atoms with Crippen LogP contribution in [0.4, 0.5) is 5.69 Å². The van der Waals surface area contributed by atoms with E-state index in [1.165, 1.54) is 24.3 Å². The fourth-order valence-electron chi connectivity index (χ4n) is 2.47. The number of allylic oxidation sites excluding steroid dienone is 1. The Bertz CT molecular complexity index is 610. The van der Waals surface area contributed by atoms with Gasteiger partial charge in [-0.25, -0.2) is 4.79 Å². The molecule has 0 N–H and O–H groups in total. The van der Waals surface area contributed by atoms with Crippen molar-refractivity contribution in [3.63, 3.8) is 0 Å². The zero-order valence-corrected chi connectivity index (χ0v) is 13.8. The molecule has 7 heteroatoms. The Labute approximate surface area is 140 Å². The normalized spacial score (nSPS) is 20.3. The van der Waals surface area contributed by atoms with E-state index in [0.717, 1.165) is 0 Å². The van der Waals surface area contributed by atoms with Crippen LogP contribution in [0.2, 0.25) is 0 Å². The molecule has 7 nitrogen and oxygen atoms in total. The first-order valence-corrected chi connectivity index (χ1v) is 7.66. The van der Waals surface area contributed by atoms with Gasteiger partial charge in [0.25, 0.3) is 5.69 Å². The van der Waals surface area contributed by atoms with Gasteiger partial charge in [-0.1, -0.05) is 6.08 Å². The molecular weight excluding hydrogens is 314 g/mol. The number of esters is 1. The predicted octanol–water partition coefficient (Wildman–Crippen LogP) is 3.10. The van der Waals surface area contributed by atoms with Crippen molar-refractivity contribution in [3.05, 3.63) is 52.6 Å². The molecule has 0 aliphatic carbocycles. The van der Waals surface area contributed by atoms with Gasteiger partial charge in [0.05, 0.1) is 29.8 Å². The minimum absolute atomic E-state index is 0.0636. The zero-order valence-electron chi connectivity index (χ0n) is 13.8. The average molecular weight is 335 g/mol. The van der Waals surface area contributed by atoms with E-state index in [0.29, 0.717) is 13.0 Å². The third kappa shape index (κ3) is 4.62. The minimum atomic E-state index is -0.646. The largest absolute Gasteiger partial charge is 0.462 e. The Morgan fingerprint density at radius 2 is 2.17 bits per heavy atom. The monoisotopic (exact) mass is 335 g/mol. The summed E-state index contributed by atoms with van der Waals surface area (Å²) in [5.41, 5.74) is 0.191. The van der Waals surface area contributed by atoms with Crippen LogP contribution >= 0.6 is 0 Å². The molecule has 130 valence electrons. The molecule has 0 spiro atoms. The molecule has 0 bridgehead atoms. The number of nitro benzene ring substituents is 1. The van der Waals surface area contributed by atoms with Crippen LogP contribution in [0.25, 0.3) is 0 Å². The molecule has 0 amide bonds. The van der Waals surface area contributed by atoms with Crippen LogP contribution in [0.15, 0.2) is 36.9 Å². The molecule has 1 aliphatic rings. The van der Waals surface area contributed by atoms with Crippen molar-refractivity contribution in [2.24, 2.45) is 5.92 Å². The van der Waals surface area contributed by atoms with Gasteiger partial charge in [0.15, 0.2) is 5.79 Å². The van der Waals surface area contributed by atoms with E-state index in [-0.39, 0.29) is 29.9 Å². The number of rotatable bonds is 7. The van der Waals surface area contributed by atoms with Crippen molar-refractivity contribution in [1.29, 1.82) is 0 Å². The maximum atomic E-state index is 12.1. The number of ether oxygens (including phenoxy) is 3. The minimum Gasteiger partial charge on any atom is -0.462 e. The third-order valence-corrected chi connectivity index (χ3v) is 3.77. The lowest BCUT2D eigenvalue weighted by Crippen LogP contribution is -2.30. The predicted molar refractivity (Wildman–Crippen MR) is 86.6 cm³/mol. The van der Waals surface area contributed by atoms with Gasteiger partial charge in [-0.05, 0) is 32.4 Å². The maximum absolute atomic E-state index is 12.1. The molecule has 0 aromatic heterocycles. The number of carbonyl (C=O) groups is 1. The van der Waals surface area contributed by atoms with Gasteiger partial charge in [0.1, 0.15) is 0 Å². The third-order valence-electron chi connectivity index (χ3n) is 3.77. The van der Waals surface area contributed by atoms with Crippen LogP contribution in [-0.4, -0.2) is 36.0 Å². The summed E-state index contributed by atoms with van der Waals surface area (Å²) in [5.74, 6) is -1.24. The SMILES string of the molecule is C=CC[C@H](COC(=O)c1ccc([N+](=O)[O-])cc1)[C@@H]1COC(C)(C)O1. The summed E-state index contributed by atoms with van der Waals surface area (Å²) >= 11 is 0. The van der Waals surface area contributed by atoms with Crippen LogP contribution in [0.5, 0.6) is 0 Å². The molecule has 2 rings (SSSR count). The summed E-state index contributed by atoms with van der Waals surface area (Å²) in [6.07, 6.45) is 2.19. The topological polar surface area (TPSA) is 87.9 Å². The summed E-state index contributed by atoms with van der Waals surface area (Å²) in [6, 6.07) is 5.30.